The summed E-state index contributed by atoms with van der Waals surface area (Å²) in [4.78, 5) is 35.7. The first kappa shape index (κ1) is 20.8. The summed E-state index contributed by atoms with van der Waals surface area (Å²) in [6.07, 6.45) is 1.47. The third kappa shape index (κ3) is 6.63. The van der Waals surface area contributed by atoms with E-state index in [1.165, 1.54) is 12.1 Å². The number of hydrogen-bond acceptors (Lipinski definition) is 4. The maximum absolute atomic E-state index is 13.1. The Morgan fingerprint density at radius 1 is 1.15 bits per heavy atom. The van der Waals surface area contributed by atoms with Crippen molar-refractivity contribution in [2.75, 3.05) is 19.6 Å². The molecule has 2 rings (SSSR count). The number of benzene rings is 1. The molecule has 8 heteroatoms. The first-order chi connectivity index (χ1) is 12.9. The Morgan fingerprint density at radius 2 is 1.81 bits per heavy atom. The topological polar surface area (TPSA) is 107 Å². The van der Waals surface area contributed by atoms with Crippen LogP contribution in [0.2, 0.25) is 0 Å². The van der Waals surface area contributed by atoms with Crippen molar-refractivity contribution in [1.29, 1.82) is 0 Å². The molecule has 1 aromatic carbocycles. The molecule has 0 aromatic heterocycles. The van der Waals surface area contributed by atoms with E-state index in [9.17, 15) is 18.8 Å². The minimum Gasteiger partial charge on any atom is -0.481 e. The fraction of sp³-hybridized carbons (Fsp3) is 0.526. The normalized spacial score (nSPS) is 16.3. The lowest BCUT2D eigenvalue weighted by molar-refractivity contribution is -0.140. The SMILES string of the molecule is O=C(O)CC(CNCCC(CC(=O)O)N1CCCC1=O)c1ccc(F)cc1. The first-order valence-electron chi connectivity index (χ1n) is 9.06. The van der Waals surface area contributed by atoms with Crippen molar-refractivity contribution in [1.82, 2.24) is 10.2 Å². The van der Waals surface area contributed by atoms with Crippen LogP contribution in [0.25, 0.3) is 0 Å². The number of likely N-dealkylation sites (tertiary alicyclic amines) is 1. The number of halogens is 1. The molecular weight excluding hydrogens is 355 g/mol. The zero-order chi connectivity index (χ0) is 19.8. The molecule has 2 unspecified atom stereocenters. The lowest BCUT2D eigenvalue weighted by Crippen LogP contribution is -2.40. The Labute approximate surface area is 157 Å². The number of carbonyl (C=O) groups excluding carboxylic acids is 1. The summed E-state index contributed by atoms with van der Waals surface area (Å²) in [5.41, 5.74) is 0.725. The van der Waals surface area contributed by atoms with Gasteiger partial charge in [-0.25, -0.2) is 4.39 Å². The van der Waals surface area contributed by atoms with Gasteiger partial charge in [-0.05, 0) is 37.1 Å². The molecule has 7 nitrogen and oxygen atoms in total. The quantitative estimate of drug-likeness (QED) is 0.506. The molecule has 1 aliphatic rings. The second-order valence-electron chi connectivity index (χ2n) is 6.78. The summed E-state index contributed by atoms with van der Waals surface area (Å²) in [6.45, 7) is 1.40. The average Bonchev–Trinajstić information content (AvgIpc) is 3.02. The molecule has 27 heavy (non-hydrogen) atoms. The summed E-state index contributed by atoms with van der Waals surface area (Å²) in [5.74, 6) is -2.62. The van der Waals surface area contributed by atoms with Gasteiger partial charge in [0.05, 0.1) is 12.8 Å². The van der Waals surface area contributed by atoms with Gasteiger partial charge >= 0.3 is 11.9 Å². The monoisotopic (exact) mass is 380 g/mol. The molecule has 1 aliphatic heterocycles. The third-order valence-corrected chi connectivity index (χ3v) is 4.77. The summed E-state index contributed by atoms with van der Waals surface area (Å²) >= 11 is 0. The van der Waals surface area contributed by atoms with Gasteiger partial charge in [-0.3, -0.25) is 14.4 Å². The molecule has 0 saturated carbocycles. The van der Waals surface area contributed by atoms with Crippen molar-refractivity contribution in [3.8, 4) is 0 Å². The Kier molecular flexibility index (Phi) is 7.72. The van der Waals surface area contributed by atoms with E-state index in [1.807, 2.05) is 0 Å². The lowest BCUT2D eigenvalue weighted by Gasteiger charge is -2.27. The van der Waals surface area contributed by atoms with E-state index in [2.05, 4.69) is 5.32 Å². The van der Waals surface area contributed by atoms with Crippen LogP contribution in [-0.2, 0) is 14.4 Å². The van der Waals surface area contributed by atoms with Gasteiger partial charge in [0.15, 0.2) is 0 Å². The molecule has 0 spiro atoms. The minimum absolute atomic E-state index is 0.0173. The van der Waals surface area contributed by atoms with Crippen LogP contribution in [-0.4, -0.2) is 58.6 Å². The molecule has 1 amide bonds. The summed E-state index contributed by atoms with van der Waals surface area (Å²) in [7, 11) is 0. The number of aliphatic carboxylic acids is 2. The van der Waals surface area contributed by atoms with Gasteiger partial charge in [-0.15, -0.1) is 0 Å². The van der Waals surface area contributed by atoms with Gasteiger partial charge in [0.25, 0.3) is 0 Å². The number of rotatable bonds is 11. The van der Waals surface area contributed by atoms with E-state index in [4.69, 9.17) is 10.2 Å². The van der Waals surface area contributed by atoms with Crippen LogP contribution in [0.1, 0.15) is 43.6 Å². The minimum atomic E-state index is -0.949. The van der Waals surface area contributed by atoms with E-state index >= 15 is 0 Å². The van der Waals surface area contributed by atoms with Gasteiger partial charge in [0.1, 0.15) is 5.82 Å². The largest absolute Gasteiger partial charge is 0.481 e. The van der Waals surface area contributed by atoms with Crippen LogP contribution in [0.5, 0.6) is 0 Å². The Hall–Kier alpha value is -2.48. The van der Waals surface area contributed by atoms with Gasteiger partial charge in [-0.1, -0.05) is 12.1 Å². The lowest BCUT2D eigenvalue weighted by atomic mass is 9.95. The van der Waals surface area contributed by atoms with Crippen molar-refractivity contribution < 1.29 is 29.0 Å². The summed E-state index contributed by atoms with van der Waals surface area (Å²) in [5, 5.41) is 21.4. The van der Waals surface area contributed by atoms with Gasteiger partial charge < -0.3 is 20.4 Å². The molecule has 1 fully saturated rings. The molecule has 1 aromatic rings. The molecule has 0 aliphatic carbocycles. The first-order valence-corrected chi connectivity index (χ1v) is 9.06. The number of nitrogens with zero attached hydrogens (tertiary/aromatic N) is 1. The predicted molar refractivity (Wildman–Crippen MR) is 95.9 cm³/mol. The van der Waals surface area contributed by atoms with E-state index in [0.717, 1.165) is 12.0 Å². The Morgan fingerprint density at radius 3 is 2.37 bits per heavy atom. The van der Waals surface area contributed by atoms with Gasteiger partial charge in [-0.2, -0.15) is 0 Å². The fourth-order valence-electron chi connectivity index (χ4n) is 3.42. The Bertz CT molecular complexity index is 665. The number of carboxylic acid groups (broad SMARTS) is 2. The average molecular weight is 380 g/mol. The smallest absolute Gasteiger partial charge is 0.305 e. The zero-order valence-electron chi connectivity index (χ0n) is 15.1. The van der Waals surface area contributed by atoms with Crippen LogP contribution in [0.4, 0.5) is 4.39 Å². The van der Waals surface area contributed by atoms with E-state index in [0.29, 0.717) is 32.5 Å². The Balaban J connectivity index is 1.90. The van der Waals surface area contributed by atoms with Gasteiger partial charge in [0, 0.05) is 31.5 Å². The van der Waals surface area contributed by atoms with E-state index in [1.54, 1.807) is 17.0 Å². The standard InChI is InChI=1S/C19H25FN2O5/c20-15-5-3-13(4-6-15)14(10-18(24)25)12-21-8-7-16(11-19(26)27)22-9-1-2-17(22)23/h3-6,14,16,21H,1-2,7-12H2,(H,24,25)(H,26,27). The van der Waals surface area contributed by atoms with Crippen LogP contribution < -0.4 is 5.32 Å². The van der Waals surface area contributed by atoms with Crippen molar-refractivity contribution >= 4 is 17.8 Å². The van der Waals surface area contributed by atoms with Crippen LogP contribution in [0, 0.1) is 5.82 Å². The number of carboxylic acids is 2. The van der Waals surface area contributed by atoms with Crippen LogP contribution >= 0.6 is 0 Å². The van der Waals surface area contributed by atoms with Crippen molar-refractivity contribution in [3.63, 3.8) is 0 Å². The van der Waals surface area contributed by atoms with Crippen LogP contribution in [0.3, 0.4) is 0 Å². The second kappa shape index (κ2) is 10.0. The number of amides is 1. The molecule has 1 heterocycles. The molecule has 0 radical (unpaired) electrons. The molecule has 1 saturated heterocycles. The molecule has 148 valence electrons. The molecule has 3 N–H and O–H groups in total. The maximum Gasteiger partial charge on any atom is 0.305 e. The predicted octanol–water partition coefficient (Wildman–Crippen LogP) is 1.83. The van der Waals surface area contributed by atoms with E-state index in [-0.39, 0.29) is 36.5 Å². The zero-order valence-corrected chi connectivity index (χ0v) is 15.1. The molecular formula is C19H25FN2O5. The highest BCUT2D eigenvalue weighted by molar-refractivity contribution is 5.79. The van der Waals surface area contributed by atoms with Crippen molar-refractivity contribution in [2.45, 2.75) is 44.1 Å². The van der Waals surface area contributed by atoms with Crippen LogP contribution in [0.15, 0.2) is 24.3 Å². The molecule has 2 atom stereocenters. The van der Waals surface area contributed by atoms with E-state index < -0.39 is 11.9 Å². The molecule has 0 bridgehead atoms. The second-order valence-corrected chi connectivity index (χ2v) is 6.78. The third-order valence-electron chi connectivity index (χ3n) is 4.77. The maximum atomic E-state index is 13.1. The number of nitrogens with one attached hydrogen (secondary N) is 1. The van der Waals surface area contributed by atoms with Gasteiger partial charge in [0.2, 0.25) is 5.91 Å². The highest BCUT2D eigenvalue weighted by atomic mass is 19.1. The number of hydrogen-bond donors (Lipinski definition) is 3. The highest BCUT2D eigenvalue weighted by Gasteiger charge is 2.29. The number of carbonyl (C=O) groups is 3. The highest BCUT2D eigenvalue weighted by Crippen LogP contribution is 2.21. The van der Waals surface area contributed by atoms with Crippen molar-refractivity contribution in [3.05, 3.63) is 35.6 Å². The summed E-state index contributed by atoms with van der Waals surface area (Å²) < 4.78 is 13.1. The summed E-state index contributed by atoms with van der Waals surface area (Å²) in [6, 6.07) is 5.37. The fourth-order valence-corrected chi connectivity index (χ4v) is 3.42. The van der Waals surface area contributed by atoms with Crippen molar-refractivity contribution in [2.24, 2.45) is 0 Å².